The van der Waals surface area contributed by atoms with Crippen molar-refractivity contribution in [3.05, 3.63) is 23.5 Å². The Morgan fingerprint density at radius 3 is 3.08 bits per heavy atom. The van der Waals surface area contributed by atoms with Gasteiger partial charge in [0, 0.05) is 25.3 Å². The number of amides is 1. The highest BCUT2D eigenvalue weighted by Gasteiger charge is 2.25. The third-order valence-electron chi connectivity index (χ3n) is 5.01. The molecule has 2 atom stereocenters. The van der Waals surface area contributed by atoms with E-state index in [4.69, 9.17) is 0 Å². The van der Waals surface area contributed by atoms with Gasteiger partial charge < -0.3 is 15.7 Å². The van der Waals surface area contributed by atoms with E-state index in [1.807, 2.05) is 13.0 Å². The van der Waals surface area contributed by atoms with Gasteiger partial charge in [-0.3, -0.25) is 14.7 Å². The van der Waals surface area contributed by atoms with Gasteiger partial charge >= 0.3 is 0 Å². The normalized spacial score (nSPS) is 24.9. The Morgan fingerprint density at radius 1 is 1.42 bits per heavy atom. The van der Waals surface area contributed by atoms with Gasteiger partial charge in [-0.05, 0) is 63.7 Å². The Morgan fingerprint density at radius 2 is 2.29 bits per heavy atom. The summed E-state index contributed by atoms with van der Waals surface area (Å²) >= 11 is 0. The molecule has 3 N–H and O–H groups in total. The van der Waals surface area contributed by atoms with Crippen molar-refractivity contribution >= 4 is 5.91 Å². The van der Waals surface area contributed by atoms with E-state index in [2.05, 4.69) is 20.5 Å². The van der Waals surface area contributed by atoms with Crippen LogP contribution in [-0.2, 0) is 11.3 Å². The quantitative estimate of drug-likeness (QED) is 0.755. The van der Waals surface area contributed by atoms with Gasteiger partial charge in [-0.15, -0.1) is 0 Å². The highest BCUT2D eigenvalue weighted by Crippen LogP contribution is 2.21. The maximum absolute atomic E-state index is 12.1. The van der Waals surface area contributed by atoms with Gasteiger partial charge in [0.25, 0.3) is 0 Å². The predicted octanol–water partition coefficient (Wildman–Crippen LogP) is 1.18. The smallest absolute Gasteiger partial charge is 0.237 e. The fourth-order valence-electron chi connectivity index (χ4n) is 3.67. The molecular weight excluding hydrogens is 304 g/mol. The van der Waals surface area contributed by atoms with Gasteiger partial charge in [-0.1, -0.05) is 0 Å². The van der Waals surface area contributed by atoms with Gasteiger partial charge in [0.05, 0.1) is 11.7 Å². The van der Waals surface area contributed by atoms with E-state index in [-0.39, 0.29) is 17.7 Å². The molecule has 2 aliphatic rings. The molecular formula is C18H28N4O2. The number of nitrogens with one attached hydrogen (secondary N) is 2. The standard InChI is InChI=1S/C18H28N4O2/c1-13-6-7-17(23)16(21-13)12-22-9-3-4-14(11-22)10-20-18(24)15-5-2-8-19-15/h6-7,14-15,19,23H,2-5,8-12H2,1H3,(H,20,24). The first kappa shape index (κ1) is 17.2. The summed E-state index contributed by atoms with van der Waals surface area (Å²) in [6.07, 6.45) is 4.29. The number of hydrogen-bond acceptors (Lipinski definition) is 5. The van der Waals surface area contributed by atoms with Crippen molar-refractivity contribution in [2.75, 3.05) is 26.2 Å². The number of nitrogens with zero attached hydrogens (tertiary/aromatic N) is 2. The van der Waals surface area contributed by atoms with Crippen molar-refractivity contribution in [3.8, 4) is 5.75 Å². The van der Waals surface area contributed by atoms with Gasteiger partial charge in [0.15, 0.2) is 0 Å². The lowest BCUT2D eigenvalue weighted by Crippen LogP contribution is -2.45. The predicted molar refractivity (Wildman–Crippen MR) is 92.7 cm³/mol. The average molecular weight is 332 g/mol. The average Bonchev–Trinajstić information content (AvgIpc) is 3.11. The summed E-state index contributed by atoms with van der Waals surface area (Å²) < 4.78 is 0. The lowest BCUT2D eigenvalue weighted by Gasteiger charge is -2.32. The fraction of sp³-hybridized carbons (Fsp3) is 0.667. The molecule has 1 aromatic rings. The number of pyridine rings is 1. The third kappa shape index (κ3) is 4.45. The number of carbonyl (C=O) groups excluding carboxylic acids is 1. The second-order valence-electron chi connectivity index (χ2n) is 7.06. The van der Waals surface area contributed by atoms with Gasteiger partial charge in [-0.2, -0.15) is 0 Å². The number of aryl methyl sites for hydroxylation is 1. The highest BCUT2D eigenvalue weighted by atomic mass is 16.3. The van der Waals surface area contributed by atoms with Crippen molar-refractivity contribution in [2.45, 2.75) is 45.2 Å². The zero-order chi connectivity index (χ0) is 16.9. The Bertz CT molecular complexity index is 572. The minimum atomic E-state index is -0.00173. The van der Waals surface area contributed by atoms with Crippen LogP contribution in [0.25, 0.3) is 0 Å². The van der Waals surface area contributed by atoms with Crippen LogP contribution < -0.4 is 10.6 Å². The van der Waals surface area contributed by atoms with Crippen LogP contribution in [0.2, 0.25) is 0 Å². The number of carbonyl (C=O) groups is 1. The molecule has 3 rings (SSSR count). The molecule has 0 bridgehead atoms. The number of rotatable bonds is 5. The summed E-state index contributed by atoms with van der Waals surface area (Å²) in [7, 11) is 0. The van der Waals surface area contributed by atoms with E-state index in [0.29, 0.717) is 12.5 Å². The zero-order valence-corrected chi connectivity index (χ0v) is 14.4. The minimum absolute atomic E-state index is 0.00173. The van der Waals surface area contributed by atoms with Crippen LogP contribution in [-0.4, -0.2) is 53.1 Å². The summed E-state index contributed by atoms with van der Waals surface area (Å²) in [5.41, 5.74) is 1.67. The van der Waals surface area contributed by atoms with E-state index >= 15 is 0 Å². The lowest BCUT2D eigenvalue weighted by molar-refractivity contribution is -0.123. The molecule has 3 heterocycles. The van der Waals surface area contributed by atoms with E-state index in [1.54, 1.807) is 6.07 Å². The Balaban J connectivity index is 1.49. The number of hydrogen-bond donors (Lipinski definition) is 3. The molecule has 2 fully saturated rings. The van der Waals surface area contributed by atoms with Crippen LogP contribution >= 0.6 is 0 Å². The van der Waals surface area contributed by atoms with Gasteiger partial charge in [-0.25, -0.2) is 0 Å². The summed E-state index contributed by atoms with van der Waals surface area (Å²) in [6.45, 7) is 6.25. The molecule has 0 aliphatic carbocycles. The Hall–Kier alpha value is -1.66. The maximum atomic E-state index is 12.1. The van der Waals surface area contributed by atoms with Crippen molar-refractivity contribution in [3.63, 3.8) is 0 Å². The van der Waals surface area contributed by atoms with E-state index in [9.17, 15) is 9.90 Å². The fourth-order valence-corrected chi connectivity index (χ4v) is 3.67. The van der Waals surface area contributed by atoms with Crippen LogP contribution in [0.1, 0.15) is 37.1 Å². The number of likely N-dealkylation sites (tertiary alicyclic amines) is 1. The minimum Gasteiger partial charge on any atom is -0.506 e. The molecule has 6 heteroatoms. The molecule has 1 aromatic heterocycles. The van der Waals surface area contributed by atoms with E-state index in [1.165, 1.54) is 0 Å². The molecule has 2 unspecified atom stereocenters. The topological polar surface area (TPSA) is 77.5 Å². The monoisotopic (exact) mass is 332 g/mol. The SMILES string of the molecule is Cc1ccc(O)c(CN2CCCC(CNC(=O)C3CCCN3)C2)n1. The molecule has 2 saturated heterocycles. The van der Waals surface area contributed by atoms with Crippen LogP contribution in [0.4, 0.5) is 0 Å². The van der Waals surface area contributed by atoms with Crippen molar-refractivity contribution in [2.24, 2.45) is 5.92 Å². The van der Waals surface area contributed by atoms with Gasteiger partial charge in [0.1, 0.15) is 5.75 Å². The molecule has 2 aliphatic heterocycles. The second-order valence-corrected chi connectivity index (χ2v) is 7.06. The second kappa shape index (κ2) is 7.94. The van der Waals surface area contributed by atoms with Gasteiger partial charge in [0.2, 0.25) is 5.91 Å². The first-order valence-corrected chi connectivity index (χ1v) is 9.01. The van der Waals surface area contributed by atoms with Crippen LogP contribution in [0.15, 0.2) is 12.1 Å². The molecule has 1 amide bonds. The summed E-state index contributed by atoms with van der Waals surface area (Å²) in [4.78, 5) is 18.9. The van der Waals surface area contributed by atoms with Crippen molar-refractivity contribution in [1.82, 2.24) is 20.5 Å². The third-order valence-corrected chi connectivity index (χ3v) is 5.01. The number of aromatic nitrogens is 1. The Labute approximate surface area is 143 Å². The molecule has 0 aromatic carbocycles. The largest absolute Gasteiger partial charge is 0.506 e. The number of aromatic hydroxyl groups is 1. The summed E-state index contributed by atoms with van der Waals surface area (Å²) in [6, 6.07) is 3.54. The molecule has 0 spiro atoms. The van der Waals surface area contributed by atoms with Crippen molar-refractivity contribution < 1.29 is 9.90 Å². The highest BCUT2D eigenvalue weighted by molar-refractivity contribution is 5.81. The zero-order valence-electron chi connectivity index (χ0n) is 14.4. The molecule has 24 heavy (non-hydrogen) atoms. The molecule has 0 saturated carbocycles. The van der Waals surface area contributed by atoms with E-state index in [0.717, 1.165) is 63.3 Å². The van der Waals surface area contributed by atoms with Crippen LogP contribution in [0.5, 0.6) is 5.75 Å². The van der Waals surface area contributed by atoms with Crippen molar-refractivity contribution in [1.29, 1.82) is 0 Å². The first-order valence-electron chi connectivity index (χ1n) is 9.01. The lowest BCUT2D eigenvalue weighted by atomic mass is 9.97. The number of piperidine rings is 1. The Kier molecular flexibility index (Phi) is 5.68. The maximum Gasteiger partial charge on any atom is 0.237 e. The molecule has 6 nitrogen and oxygen atoms in total. The van der Waals surface area contributed by atoms with E-state index < -0.39 is 0 Å². The van der Waals surface area contributed by atoms with Crippen LogP contribution in [0, 0.1) is 12.8 Å². The molecule has 0 radical (unpaired) electrons. The summed E-state index contributed by atoms with van der Waals surface area (Å²) in [5.74, 6) is 0.877. The molecule has 132 valence electrons. The first-order chi connectivity index (χ1) is 11.6. The summed E-state index contributed by atoms with van der Waals surface area (Å²) in [5, 5.41) is 16.3. The van der Waals surface area contributed by atoms with Crippen LogP contribution in [0.3, 0.4) is 0 Å².